The summed E-state index contributed by atoms with van der Waals surface area (Å²) in [4.78, 5) is 4.80. The van der Waals surface area contributed by atoms with E-state index in [-0.39, 0.29) is 0 Å². The minimum absolute atomic E-state index is 0.301. The Balaban J connectivity index is 1.66. The van der Waals surface area contributed by atoms with Crippen molar-refractivity contribution in [1.29, 1.82) is 0 Å². The quantitative estimate of drug-likeness (QED) is 0.727. The Morgan fingerprint density at radius 1 is 1.25 bits per heavy atom. The molecule has 4 nitrogen and oxygen atoms in total. The minimum atomic E-state index is 0.301. The van der Waals surface area contributed by atoms with Crippen LogP contribution in [0.15, 0.2) is 24.3 Å². The number of hydrogen-bond acceptors (Lipinski definition) is 4. The van der Waals surface area contributed by atoms with E-state index < -0.39 is 0 Å². The molecule has 1 aliphatic heterocycles. The van der Waals surface area contributed by atoms with Crippen LogP contribution in [0.3, 0.4) is 0 Å². The van der Waals surface area contributed by atoms with Crippen molar-refractivity contribution in [3.8, 4) is 11.5 Å². The second-order valence-corrected chi connectivity index (χ2v) is 5.40. The Morgan fingerprint density at radius 2 is 1.95 bits per heavy atom. The first kappa shape index (κ1) is 15.1. The van der Waals surface area contributed by atoms with Crippen molar-refractivity contribution >= 4 is 0 Å². The maximum Gasteiger partial charge on any atom is 0.161 e. The number of hydrogen-bond donors (Lipinski definition) is 0. The van der Waals surface area contributed by atoms with Crippen LogP contribution in [0.1, 0.15) is 13.3 Å². The molecular formula is C16H26N2O2. The van der Waals surface area contributed by atoms with E-state index in [0.717, 1.165) is 37.7 Å². The highest BCUT2D eigenvalue weighted by atomic mass is 16.5. The predicted molar refractivity (Wildman–Crippen MR) is 81.6 cm³/mol. The normalized spacial score (nSPS) is 16.2. The van der Waals surface area contributed by atoms with Crippen LogP contribution in [0.5, 0.6) is 11.5 Å². The van der Waals surface area contributed by atoms with Gasteiger partial charge in [-0.15, -0.1) is 0 Å². The number of ether oxygens (including phenoxy) is 2. The fraction of sp³-hybridized carbons (Fsp3) is 0.625. The molecule has 0 unspecified atom stereocenters. The van der Waals surface area contributed by atoms with Crippen molar-refractivity contribution in [2.45, 2.75) is 19.4 Å². The zero-order chi connectivity index (χ0) is 14.4. The first-order valence-electron chi connectivity index (χ1n) is 7.43. The van der Waals surface area contributed by atoms with Crippen molar-refractivity contribution in [3.63, 3.8) is 0 Å². The van der Waals surface area contributed by atoms with E-state index in [0.29, 0.717) is 6.10 Å². The van der Waals surface area contributed by atoms with Gasteiger partial charge in [0.2, 0.25) is 0 Å². The highest BCUT2D eigenvalue weighted by molar-refractivity contribution is 5.39. The van der Waals surface area contributed by atoms with E-state index >= 15 is 0 Å². The number of methoxy groups -OCH3 is 1. The van der Waals surface area contributed by atoms with Crippen LogP contribution in [-0.4, -0.2) is 62.8 Å². The highest BCUT2D eigenvalue weighted by Crippen LogP contribution is 2.28. The molecule has 0 atom stereocenters. The maximum absolute atomic E-state index is 5.97. The fourth-order valence-electron chi connectivity index (χ4n) is 2.40. The molecule has 0 aromatic heterocycles. The second kappa shape index (κ2) is 7.50. The van der Waals surface area contributed by atoms with Crippen LogP contribution in [0.25, 0.3) is 0 Å². The molecule has 112 valence electrons. The third-order valence-corrected chi connectivity index (χ3v) is 3.84. The second-order valence-electron chi connectivity index (χ2n) is 5.40. The van der Waals surface area contributed by atoms with Crippen LogP contribution in [0, 0.1) is 0 Å². The molecule has 0 saturated carbocycles. The number of para-hydroxylation sites is 2. The summed E-state index contributed by atoms with van der Waals surface area (Å²) in [7, 11) is 3.85. The molecule has 0 radical (unpaired) electrons. The van der Waals surface area contributed by atoms with Gasteiger partial charge in [0.05, 0.1) is 7.11 Å². The molecule has 0 aliphatic carbocycles. The lowest BCUT2D eigenvalue weighted by atomic mass is 10.1. The van der Waals surface area contributed by atoms with Crippen LogP contribution in [0.4, 0.5) is 0 Å². The summed E-state index contributed by atoms with van der Waals surface area (Å²) < 4.78 is 11.3. The Morgan fingerprint density at radius 3 is 2.60 bits per heavy atom. The molecule has 0 bridgehead atoms. The van der Waals surface area contributed by atoms with Gasteiger partial charge in [-0.1, -0.05) is 19.1 Å². The number of nitrogens with zero attached hydrogens (tertiary/aromatic N) is 2. The van der Waals surface area contributed by atoms with Crippen molar-refractivity contribution in [2.24, 2.45) is 0 Å². The van der Waals surface area contributed by atoms with Crippen molar-refractivity contribution in [2.75, 3.05) is 46.9 Å². The van der Waals surface area contributed by atoms with E-state index in [1.807, 2.05) is 24.3 Å². The Hall–Kier alpha value is -1.26. The standard InChI is InChI=1S/C16H26N2O2/c1-4-17(2)10-7-11-18-12-14(13-18)20-16-9-6-5-8-15(16)19-3/h5-6,8-9,14H,4,7,10-13H2,1-3H3. The van der Waals surface area contributed by atoms with E-state index in [1.54, 1.807) is 7.11 Å². The first-order valence-corrected chi connectivity index (χ1v) is 7.43. The van der Waals surface area contributed by atoms with Gasteiger partial charge in [0.1, 0.15) is 6.10 Å². The largest absolute Gasteiger partial charge is 0.493 e. The number of likely N-dealkylation sites (tertiary alicyclic amines) is 1. The van der Waals surface area contributed by atoms with Gasteiger partial charge in [-0.25, -0.2) is 0 Å². The molecule has 0 spiro atoms. The Labute approximate surface area is 122 Å². The zero-order valence-corrected chi connectivity index (χ0v) is 12.8. The van der Waals surface area contributed by atoms with Crippen LogP contribution in [0.2, 0.25) is 0 Å². The summed E-state index contributed by atoms with van der Waals surface area (Å²) in [6.45, 7) is 7.70. The lowest BCUT2D eigenvalue weighted by molar-refractivity contribution is 0.0167. The summed E-state index contributed by atoms with van der Waals surface area (Å²) in [6.07, 6.45) is 1.53. The summed E-state index contributed by atoms with van der Waals surface area (Å²) in [5.41, 5.74) is 0. The maximum atomic E-state index is 5.97. The number of rotatable bonds is 8. The molecule has 1 saturated heterocycles. The van der Waals surface area contributed by atoms with E-state index in [4.69, 9.17) is 9.47 Å². The minimum Gasteiger partial charge on any atom is -0.493 e. The van der Waals surface area contributed by atoms with Gasteiger partial charge >= 0.3 is 0 Å². The van der Waals surface area contributed by atoms with E-state index in [2.05, 4.69) is 23.8 Å². The van der Waals surface area contributed by atoms with Crippen LogP contribution in [-0.2, 0) is 0 Å². The van der Waals surface area contributed by atoms with Gasteiger partial charge in [-0.05, 0) is 45.2 Å². The molecule has 1 aromatic rings. The summed E-state index contributed by atoms with van der Waals surface area (Å²) in [5, 5.41) is 0. The molecule has 1 heterocycles. The van der Waals surface area contributed by atoms with Crippen LogP contribution < -0.4 is 9.47 Å². The van der Waals surface area contributed by atoms with Crippen molar-refractivity contribution in [3.05, 3.63) is 24.3 Å². The Bertz CT molecular complexity index is 405. The summed E-state index contributed by atoms with van der Waals surface area (Å²) in [5.74, 6) is 1.67. The predicted octanol–water partition coefficient (Wildman–Crippen LogP) is 2.10. The molecule has 0 amide bonds. The number of benzene rings is 1. The van der Waals surface area contributed by atoms with Gasteiger partial charge in [0, 0.05) is 13.1 Å². The molecule has 20 heavy (non-hydrogen) atoms. The lowest BCUT2D eigenvalue weighted by Crippen LogP contribution is -2.54. The van der Waals surface area contributed by atoms with Crippen molar-refractivity contribution in [1.82, 2.24) is 9.80 Å². The summed E-state index contributed by atoms with van der Waals surface area (Å²) >= 11 is 0. The smallest absolute Gasteiger partial charge is 0.161 e. The third-order valence-electron chi connectivity index (χ3n) is 3.84. The average Bonchev–Trinajstić information content (AvgIpc) is 2.44. The fourth-order valence-corrected chi connectivity index (χ4v) is 2.40. The van der Waals surface area contributed by atoms with Gasteiger partial charge in [-0.2, -0.15) is 0 Å². The highest BCUT2D eigenvalue weighted by Gasteiger charge is 2.28. The van der Waals surface area contributed by atoms with E-state index in [9.17, 15) is 0 Å². The average molecular weight is 278 g/mol. The van der Waals surface area contributed by atoms with Gasteiger partial charge < -0.3 is 14.4 Å². The molecule has 1 aromatic carbocycles. The Kier molecular flexibility index (Phi) is 5.68. The molecule has 1 fully saturated rings. The van der Waals surface area contributed by atoms with Gasteiger partial charge in [0.15, 0.2) is 11.5 Å². The molecule has 1 aliphatic rings. The van der Waals surface area contributed by atoms with Gasteiger partial charge in [0.25, 0.3) is 0 Å². The topological polar surface area (TPSA) is 24.9 Å². The molecule has 0 N–H and O–H groups in total. The van der Waals surface area contributed by atoms with Gasteiger partial charge in [-0.3, -0.25) is 4.90 Å². The molecule has 4 heteroatoms. The monoisotopic (exact) mass is 278 g/mol. The van der Waals surface area contributed by atoms with Crippen LogP contribution >= 0.6 is 0 Å². The zero-order valence-electron chi connectivity index (χ0n) is 12.8. The first-order chi connectivity index (χ1) is 9.72. The molecular weight excluding hydrogens is 252 g/mol. The third kappa shape index (κ3) is 4.12. The van der Waals surface area contributed by atoms with E-state index in [1.165, 1.54) is 13.0 Å². The van der Waals surface area contributed by atoms with Crippen molar-refractivity contribution < 1.29 is 9.47 Å². The summed E-state index contributed by atoms with van der Waals surface area (Å²) in [6, 6.07) is 7.85. The molecule has 2 rings (SSSR count). The lowest BCUT2D eigenvalue weighted by Gasteiger charge is -2.39. The SMILES string of the molecule is CCN(C)CCCN1CC(Oc2ccccc2OC)C1.